The summed E-state index contributed by atoms with van der Waals surface area (Å²) >= 11 is 0. The van der Waals surface area contributed by atoms with Crippen LogP contribution in [0.15, 0.2) is 23.0 Å². The SMILES string of the molecule is CCN(CCCCCO)Cc1ccoc1. The lowest BCUT2D eigenvalue weighted by atomic mass is 10.2. The summed E-state index contributed by atoms with van der Waals surface area (Å²) in [6, 6.07) is 2.01. The van der Waals surface area contributed by atoms with Crippen molar-refractivity contribution < 1.29 is 9.52 Å². The lowest BCUT2D eigenvalue weighted by molar-refractivity contribution is 0.255. The number of nitrogens with zero attached hydrogens (tertiary/aromatic N) is 1. The minimum Gasteiger partial charge on any atom is -0.472 e. The Kier molecular flexibility index (Phi) is 6.12. The third-order valence-corrected chi connectivity index (χ3v) is 2.57. The molecule has 3 nitrogen and oxygen atoms in total. The molecule has 1 N–H and O–H groups in total. The Bertz CT molecular complexity index is 234. The molecule has 0 amide bonds. The highest BCUT2D eigenvalue weighted by atomic mass is 16.3. The van der Waals surface area contributed by atoms with Crippen LogP contribution in [0.25, 0.3) is 0 Å². The molecule has 0 radical (unpaired) electrons. The van der Waals surface area contributed by atoms with Gasteiger partial charge in [0.05, 0.1) is 12.5 Å². The van der Waals surface area contributed by atoms with E-state index in [0.29, 0.717) is 6.61 Å². The number of rotatable bonds is 8. The summed E-state index contributed by atoms with van der Waals surface area (Å²) in [6.07, 6.45) is 6.71. The third kappa shape index (κ3) is 5.00. The molecule has 0 saturated heterocycles. The summed E-state index contributed by atoms with van der Waals surface area (Å²) in [5.41, 5.74) is 1.24. The van der Waals surface area contributed by atoms with Gasteiger partial charge in [-0.15, -0.1) is 0 Å². The van der Waals surface area contributed by atoms with Crippen molar-refractivity contribution in [2.24, 2.45) is 0 Å². The van der Waals surface area contributed by atoms with E-state index in [1.807, 2.05) is 6.07 Å². The number of aliphatic hydroxyl groups excluding tert-OH is 1. The maximum absolute atomic E-state index is 8.67. The third-order valence-electron chi connectivity index (χ3n) is 2.57. The average Bonchev–Trinajstić information content (AvgIpc) is 2.75. The number of hydrogen-bond acceptors (Lipinski definition) is 3. The van der Waals surface area contributed by atoms with Gasteiger partial charge in [-0.05, 0) is 38.4 Å². The lowest BCUT2D eigenvalue weighted by Gasteiger charge is -2.19. The van der Waals surface area contributed by atoms with Gasteiger partial charge in [-0.25, -0.2) is 0 Å². The second-order valence-electron chi connectivity index (χ2n) is 3.78. The zero-order valence-electron chi connectivity index (χ0n) is 9.48. The van der Waals surface area contributed by atoms with Crippen molar-refractivity contribution in [1.82, 2.24) is 4.90 Å². The van der Waals surface area contributed by atoms with E-state index < -0.39 is 0 Å². The monoisotopic (exact) mass is 211 g/mol. The molecular formula is C12H21NO2. The molecule has 3 heteroatoms. The molecule has 0 unspecified atom stereocenters. The second kappa shape index (κ2) is 7.49. The van der Waals surface area contributed by atoms with Crippen molar-refractivity contribution in [3.63, 3.8) is 0 Å². The van der Waals surface area contributed by atoms with Crippen molar-refractivity contribution in [3.05, 3.63) is 24.2 Å². The lowest BCUT2D eigenvalue weighted by Crippen LogP contribution is -2.23. The maximum Gasteiger partial charge on any atom is 0.0947 e. The predicted octanol–water partition coefficient (Wildman–Crippen LogP) is 2.26. The smallest absolute Gasteiger partial charge is 0.0947 e. The first-order valence-corrected chi connectivity index (χ1v) is 5.71. The summed E-state index contributed by atoms with van der Waals surface area (Å²) in [6.45, 7) is 5.61. The first kappa shape index (κ1) is 12.3. The van der Waals surface area contributed by atoms with E-state index in [0.717, 1.165) is 38.9 Å². The normalized spacial score (nSPS) is 11.1. The summed E-state index contributed by atoms with van der Waals surface area (Å²) in [5, 5.41) is 8.67. The van der Waals surface area contributed by atoms with Crippen molar-refractivity contribution in [2.45, 2.75) is 32.7 Å². The average molecular weight is 211 g/mol. The zero-order chi connectivity index (χ0) is 10.9. The van der Waals surface area contributed by atoms with Gasteiger partial charge in [0.1, 0.15) is 0 Å². The molecule has 0 aromatic carbocycles. The van der Waals surface area contributed by atoms with Crippen molar-refractivity contribution in [3.8, 4) is 0 Å². The topological polar surface area (TPSA) is 36.6 Å². The first-order chi connectivity index (χ1) is 7.36. The van der Waals surface area contributed by atoms with Crippen molar-refractivity contribution in [1.29, 1.82) is 0 Å². The van der Waals surface area contributed by atoms with Gasteiger partial charge in [-0.3, -0.25) is 4.90 Å². The summed E-state index contributed by atoms with van der Waals surface area (Å²) in [7, 11) is 0. The number of aliphatic hydroxyl groups is 1. The highest BCUT2D eigenvalue weighted by Crippen LogP contribution is 2.06. The van der Waals surface area contributed by atoms with E-state index in [1.54, 1.807) is 12.5 Å². The van der Waals surface area contributed by atoms with Crippen LogP contribution in [-0.4, -0.2) is 29.7 Å². The van der Waals surface area contributed by atoms with Gasteiger partial charge in [0.15, 0.2) is 0 Å². The Morgan fingerprint density at radius 1 is 1.33 bits per heavy atom. The quantitative estimate of drug-likeness (QED) is 0.670. The van der Waals surface area contributed by atoms with E-state index in [9.17, 15) is 0 Å². The van der Waals surface area contributed by atoms with E-state index in [2.05, 4.69) is 11.8 Å². The highest BCUT2D eigenvalue weighted by molar-refractivity contribution is 5.04. The van der Waals surface area contributed by atoms with Crippen LogP contribution >= 0.6 is 0 Å². The predicted molar refractivity (Wildman–Crippen MR) is 60.6 cm³/mol. The minimum absolute atomic E-state index is 0.313. The fourth-order valence-corrected chi connectivity index (χ4v) is 1.61. The van der Waals surface area contributed by atoms with Gasteiger partial charge in [-0.1, -0.05) is 6.92 Å². The van der Waals surface area contributed by atoms with Crippen LogP contribution in [0.2, 0.25) is 0 Å². The van der Waals surface area contributed by atoms with Crippen LogP contribution in [-0.2, 0) is 6.54 Å². The van der Waals surface area contributed by atoms with Crippen LogP contribution in [0, 0.1) is 0 Å². The van der Waals surface area contributed by atoms with Gasteiger partial charge in [0.25, 0.3) is 0 Å². The molecule has 0 aliphatic heterocycles. The largest absolute Gasteiger partial charge is 0.472 e. The maximum atomic E-state index is 8.67. The van der Waals surface area contributed by atoms with Crippen LogP contribution in [0.5, 0.6) is 0 Å². The van der Waals surface area contributed by atoms with Gasteiger partial charge < -0.3 is 9.52 Å². The Balaban J connectivity index is 2.18. The molecule has 0 atom stereocenters. The molecule has 86 valence electrons. The molecule has 0 fully saturated rings. The molecule has 1 aromatic rings. The number of unbranched alkanes of at least 4 members (excludes halogenated alkanes) is 2. The molecule has 0 aliphatic rings. The number of furan rings is 1. The summed E-state index contributed by atoms with van der Waals surface area (Å²) < 4.78 is 5.04. The summed E-state index contributed by atoms with van der Waals surface area (Å²) in [4.78, 5) is 2.39. The van der Waals surface area contributed by atoms with Gasteiger partial charge in [-0.2, -0.15) is 0 Å². The second-order valence-corrected chi connectivity index (χ2v) is 3.78. The molecule has 1 aromatic heterocycles. The Labute approximate surface area is 91.7 Å². The molecule has 1 heterocycles. The standard InChI is InChI=1S/C12H21NO2/c1-2-13(7-4-3-5-8-14)10-12-6-9-15-11-12/h6,9,11,14H,2-5,7-8,10H2,1H3. The molecule has 1 rings (SSSR count). The molecule has 0 saturated carbocycles. The molecule has 15 heavy (non-hydrogen) atoms. The Hall–Kier alpha value is -0.800. The van der Waals surface area contributed by atoms with E-state index in [-0.39, 0.29) is 0 Å². The summed E-state index contributed by atoms with van der Waals surface area (Å²) in [5.74, 6) is 0. The van der Waals surface area contributed by atoms with Crippen LogP contribution in [0.1, 0.15) is 31.7 Å². The molecule has 0 aliphatic carbocycles. The van der Waals surface area contributed by atoms with Crippen LogP contribution in [0.4, 0.5) is 0 Å². The zero-order valence-corrected chi connectivity index (χ0v) is 9.48. The Morgan fingerprint density at radius 2 is 2.20 bits per heavy atom. The van der Waals surface area contributed by atoms with Crippen molar-refractivity contribution in [2.75, 3.05) is 19.7 Å². The van der Waals surface area contributed by atoms with Gasteiger partial charge in [0.2, 0.25) is 0 Å². The molecule has 0 bridgehead atoms. The highest BCUT2D eigenvalue weighted by Gasteiger charge is 2.03. The first-order valence-electron chi connectivity index (χ1n) is 5.71. The van der Waals surface area contributed by atoms with Crippen LogP contribution < -0.4 is 0 Å². The number of hydrogen-bond donors (Lipinski definition) is 1. The van der Waals surface area contributed by atoms with Crippen molar-refractivity contribution >= 4 is 0 Å². The van der Waals surface area contributed by atoms with Gasteiger partial charge in [0, 0.05) is 18.7 Å². The van der Waals surface area contributed by atoms with Crippen LogP contribution in [0.3, 0.4) is 0 Å². The fourth-order valence-electron chi connectivity index (χ4n) is 1.61. The fraction of sp³-hybridized carbons (Fsp3) is 0.667. The van der Waals surface area contributed by atoms with E-state index in [4.69, 9.17) is 9.52 Å². The minimum atomic E-state index is 0.313. The molecular weight excluding hydrogens is 190 g/mol. The van der Waals surface area contributed by atoms with E-state index >= 15 is 0 Å². The van der Waals surface area contributed by atoms with E-state index in [1.165, 1.54) is 5.56 Å². The molecule has 0 spiro atoms. The Morgan fingerprint density at radius 3 is 2.80 bits per heavy atom. The van der Waals surface area contributed by atoms with Gasteiger partial charge >= 0.3 is 0 Å².